The molecule has 0 amide bonds. The largest absolute Gasteiger partial charge is 0.462 e. The lowest BCUT2D eigenvalue weighted by Gasteiger charge is -2.21. The van der Waals surface area contributed by atoms with Crippen molar-refractivity contribution >= 4 is 21.7 Å². The van der Waals surface area contributed by atoms with E-state index in [4.69, 9.17) is 4.74 Å². The minimum Gasteiger partial charge on any atom is -0.462 e. The normalized spacial score (nSPS) is 16.4. The van der Waals surface area contributed by atoms with Crippen LogP contribution < -0.4 is 4.72 Å². The first kappa shape index (κ1) is 15.8. The van der Waals surface area contributed by atoms with Gasteiger partial charge in [-0.25, -0.2) is 13.2 Å². The van der Waals surface area contributed by atoms with E-state index < -0.39 is 16.0 Å². The molecule has 0 unspecified atom stereocenters. The molecular weight excluding hydrogens is 290 g/mol. The predicted octanol–water partition coefficient (Wildman–Crippen LogP) is 2.80. The fourth-order valence-electron chi connectivity index (χ4n) is 2.55. The van der Waals surface area contributed by atoms with Crippen LogP contribution in [0.15, 0.2) is 24.3 Å². The van der Waals surface area contributed by atoms with Crippen molar-refractivity contribution in [2.45, 2.75) is 32.1 Å². The summed E-state index contributed by atoms with van der Waals surface area (Å²) in [5.41, 5.74) is 0.726. The second-order valence-corrected chi connectivity index (χ2v) is 7.31. The number of nitrogens with one attached hydrogen (secondary N) is 1. The number of hydrogen-bond acceptors (Lipinski definition) is 4. The SMILES string of the molecule is CS(=O)(=O)Nc1cccc(C(=O)OCC2CCCCC2)c1. The van der Waals surface area contributed by atoms with E-state index in [-0.39, 0.29) is 0 Å². The van der Waals surface area contributed by atoms with Gasteiger partial charge in [0.05, 0.1) is 18.4 Å². The second-order valence-electron chi connectivity index (χ2n) is 5.56. The molecule has 0 heterocycles. The van der Waals surface area contributed by atoms with Gasteiger partial charge in [0, 0.05) is 5.69 Å². The molecule has 0 saturated heterocycles. The topological polar surface area (TPSA) is 72.5 Å². The van der Waals surface area contributed by atoms with Crippen LogP contribution in [-0.4, -0.2) is 27.2 Å². The minimum atomic E-state index is -3.35. The molecule has 6 heteroatoms. The number of sulfonamides is 1. The number of anilines is 1. The van der Waals surface area contributed by atoms with Gasteiger partial charge < -0.3 is 4.74 Å². The summed E-state index contributed by atoms with van der Waals surface area (Å²) in [7, 11) is -3.35. The van der Waals surface area contributed by atoms with Gasteiger partial charge >= 0.3 is 5.97 Å². The average molecular weight is 311 g/mol. The molecule has 116 valence electrons. The Morgan fingerprint density at radius 1 is 1.29 bits per heavy atom. The summed E-state index contributed by atoms with van der Waals surface area (Å²) in [6.07, 6.45) is 6.97. The van der Waals surface area contributed by atoms with E-state index in [2.05, 4.69) is 4.72 Å². The maximum atomic E-state index is 12.0. The second kappa shape index (κ2) is 6.93. The predicted molar refractivity (Wildman–Crippen MR) is 81.8 cm³/mol. The smallest absolute Gasteiger partial charge is 0.338 e. The molecule has 0 atom stereocenters. The molecule has 0 radical (unpaired) electrons. The molecule has 2 rings (SSSR count). The van der Waals surface area contributed by atoms with E-state index in [1.807, 2.05) is 0 Å². The highest BCUT2D eigenvalue weighted by molar-refractivity contribution is 7.92. The third-order valence-electron chi connectivity index (χ3n) is 3.58. The number of ether oxygens (including phenoxy) is 1. The molecule has 1 aliphatic carbocycles. The molecule has 1 aliphatic rings. The highest BCUT2D eigenvalue weighted by Gasteiger charge is 2.16. The van der Waals surface area contributed by atoms with Crippen LogP contribution in [0.5, 0.6) is 0 Å². The van der Waals surface area contributed by atoms with Gasteiger partial charge in [-0.15, -0.1) is 0 Å². The summed E-state index contributed by atoms with van der Waals surface area (Å²) in [6, 6.07) is 6.34. The molecule has 21 heavy (non-hydrogen) atoms. The maximum absolute atomic E-state index is 12.0. The van der Waals surface area contributed by atoms with Crippen molar-refractivity contribution < 1.29 is 17.9 Å². The average Bonchev–Trinajstić information content (AvgIpc) is 2.44. The summed E-state index contributed by atoms with van der Waals surface area (Å²) in [5.74, 6) is 0.0535. The van der Waals surface area contributed by atoms with Crippen molar-refractivity contribution in [1.29, 1.82) is 0 Å². The van der Waals surface area contributed by atoms with Gasteiger partial charge in [0.25, 0.3) is 0 Å². The van der Waals surface area contributed by atoms with Crippen molar-refractivity contribution in [1.82, 2.24) is 0 Å². The fraction of sp³-hybridized carbons (Fsp3) is 0.533. The van der Waals surface area contributed by atoms with Crippen molar-refractivity contribution in [2.75, 3.05) is 17.6 Å². The van der Waals surface area contributed by atoms with Crippen LogP contribution >= 0.6 is 0 Å². The van der Waals surface area contributed by atoms with Crippen molar-refractivity contribution in [3.05, 3.63) is 29.8 Å². The molecule has 1 aromatic carbocycles. The summed E-state index contributed by atoms with van der Waals surface area (Å²) in [6.45, 7) is 0.447. The van der Waals surface area contributed by atoms with Crippen molar-refractivity contribution in [3.63, 3.8) is 0 Å². The number of rotatable bonds is 5. The van der Waals surface area contributed by atoms with Crippen LogP contribution in [0.4, 0.5) is 5.69 Å². The highest BCUT2D eigenvalue weighted by atomic mass is 32.2. The zero-order valence-electron chi connectivity index (χ0n) is 12.2. The Morgan fingerprint density at radius 2 is 2.00 bits per heavy atom. The number of carbonyl (C=O) groups excluding carboxylic acids is 1. The molecule has 1 aromatic rings. The quantitative estimate of drug-likeness (QED) is 0.849. The van der Waals surface area contributed by atoms with Crippen LogP contribution in [0.3, 0.4) is 0 Å². The number of esters is 1. The molecule has 5 nitrogen and oxygen atoms in total. The summed E-state index contributed by atoms with van der Waals surface area (Å²) in [5, 5.41) is 0. The lowest BCUT2D eigenvalue weighted by Crippen LogP contribution is -2.17. The first-order valence-corrected chi connectivity index (χ1v) is 9.08. The highest BCUT2D eigenvalue weighted by Crippen LogP contribution is 2.24. The molecule has 1 fully saturated rings. The van der Waals surface area contributed by atoms with Gasteiger partial charge in [-0.3, -0.25) is 4.72 Å². The molecule has 1 saturated carbocycles. The monoisotopic (exact) mass is 311 g/mol. The van der Waals surface area contributed by atoms with Gasteiger partial charge in [0.15, 0.2) is 0 Å². The number of hydrogen-bond donors (Lipinski definition) is 1. The van der Waals surface area contributed by atoms with Gasteiger partial charge in [0.2, 0.25) is 10.0 Å². The minimum absolute atomic E-state index is 0.361. The fourth-order valence-corrected chi connectivity index (χ4v) is 3.11. The van der Waals surface area contributed by atoms with Crippen molar-refractivity contribution in [3.8, 4) is 0 Å². The lowest BCUT2D eigenvalue weighted by atomic mass is 9.90. The Hall–Kier alpha value is -1.56. The Kier molecular flexibility index (Phi) is 5.22. The number of benzene rings is 1. The summed E-state index contributed by atoms with van der Waals surface area (Å²) < 4.78 is 30.1. The third-order valence-corrected chi connectivity index (χ3v) is 4.18. The van der Waals surface area contributed by atoms with Crippen molar-refractivity contribution in [2.24, 2.45) is 5.92 Å². The zero-order chi connectivity index (χ0) is 15.3. The lowest BCUT2D eigenvalue weighted by molar-refractivity contribution is 0.0410. The first-order chi connectivity index (χ1) is 9.94. The standard InChI is InChI=1S/C15H21NO4S/c1-21(18,19)16-14-9-5-8-13(10-14)15(17)20-11-12-6-3-2-4-7-12/h5,8-10,12,16H,2-4,6-7,11H2,1H3. The van der Waals surface area contributed by atoms with Crippen LogP contribution in [0, 0.1) is 5.92 Å². The van der Waals surface area contributed by atoms with E-state index in [9.17, 15) is 13.2 Å². The molecule has 0 aliphatic heterocycles. The van der Waals surface area contributed by atoms with Crippen LogP contribution in [-0.2, 0) is 14.8 Å². The van der Waals surface area contributed by atoms with Gasteiger partial charge in [-0.1, -0.05) is 25.3 Å². The molecule has 0 spiro atoms. The Bertz CT molecular complexity index is 591. The maximum Gasteiger partial charge on any atom is 0.338 e. The zero-order valence-corrected chi connectivity index (χ0v) is 13.0. The summed E-state index contributed by atoms with van der Waals surface area (Å²) in [4.78, 5) is 12.0. The van der Waals surface area contributed by atoms with Gasteiger partial charge in [-0.05, 0) is 37.0 Å². The Morgan fingerprint density at radius 3 is 2.67 bits per heavy atom. The van der Waals surface area contributed by atoms with E-state index in [0.29, 0.717) is 23.8 Å². The van der Waals surface area contributed by atoms with E-state index in [1.165, 1.54) is 25.3 Å². The van der Waals surface area contributed by atoms with E-state index >= 15 is 0 Å². The van der Waals surface area contributed by atoms with Crippen LogP contribution in [0.2, 0.25) is 0 Å². The van der Waals surface area contributed by atoms with Crippen LogP contribution in [0.25, 0.3) is 0 Å². The molecular formula is C15H21NO4S. The molecule has 1 N–H and O–H groups in total. The number of carbonyl (C=O) groups is 1. The summed E-state index contributed by atoms with van der Waals surface area (Å²) >= 11 is 0. The van der Waals surface area contributed by atoms with Gasteiger partial charge in [-0.2, -0.15) is 0 Å². The molecule has 0 aromatic heterocycles. The van der Waals surface area contributed by atoms with E-state index in [1.54, 1.807) is 18.2 Å². The first-order valence-electron chi connectivity index (χ1n) is 7.19. The van der Waals surface area contributed by atoms with Gasteiger partial charge in [0.1, 0.15) is 0 Å². The third kappa shape index (κ3) is 5.38. The van der Waals surface area contributed by atoms with E-state index in [0.717, 1.165) is 19.1 Å². The van der Waals surface area contributed by atoms with Crippen LogP contribution in [0.1, 0.15) is 42.5 Å². The Balaban J connectivity index is 1.94. The molecule has 0 bridgehead atoms. The Labute approximate surface area is 125 Å².